The predicted octanol–water partition coefficient (Wildman–Crippen LogP) is 3.13. The summed E-state index contributed by atoms with van der Waals surface area (Å²) in [4.78, 5) is 0. The van der Waals surface area contributed by atoms with Crippen molar-refractivity contribution in [1.82, 2.24) is 0 Å². The first-order valence-corrected chi connectivity index (χ1v) is 9.98. The highest BCUT2D eigenvalue weighted by Crippen LogP contribution is 2.71. The van der Waals surface area contributed by atoms with Crippen LogP contribution in [-0.4, -0.2) is 35.1 Å². The highest BCUT2D eigenvalue weighted by atomic mass is 16.6. The number of epoxide rings is 1. The van der Waals surface area contributed by atoms with Crippen molar-refractivity contribution < 1.29 is 14.9 Å². The van der Waals surface area contributed by atoms with Gasteiger partial charge >= 0.3 is 0 Å². The third-order valence-corrected chi connectivity index (χ3v) is 9.41. The molecule has 2 N–H and O–H groups in total. The average Bonchev–Trinajstić information content (AvgIpc) is 3.28. The van der Waals surface area contributed by atoms with Crippen LogP contribution in [0.2, 0.25) is 0 Å². The van der Waals surface area contributed by atoms with Crippen LogP contribution in [0, 0.1) is 34.5 Å². The Hall–Kier alpha value is -0.120. The molecule has 5 rings (SSSR count). The Labute approximate surface area is 139 Å². The second kappa shape index (κ2) is 4.74. The fourth-order valence-electron chi connectivity index (χ4n) is 7.99. The fourth-order valence-corrected chi connectivity index (χ4v) is 7.99. The first kappa shape index (κ1) is 15.2. The van der Waals surface area contributed by atoms with Crippen LogP contribution in [0.4, 0.5) is 0 Å². The van der Waals surface area contributed by atoms with Gasteiger partial charge in [-0.2, -0.15) is 0 Å². The highest BCUT2D eigenvalue weighted by molar-refractivity contribution is 5.18. The number of ether oxygens (including phenoxy) is 1. The van der Waals surface area contributed by atoms with E-state index in [9.17, 15) is 10.2 Å². The standard InChI is InChI=1S/C20H32O3/c1-18-7-5-17-15(16(18)6-9-20(18)12-23-20)3-2-13-10-14(22)4-8-19(13,17)11-21/h13-17,21-22H,2-12H2,1H3/t13-,14+,15-,16-,17-,18-,19+,20?/m0/s1. The molecule has 5 fully saturated rings. The van der Waals surface area contributed by atoms with Crippen molar-refractivity contribution in [1.29, 1.82) is 0 Å². The summed E-state index contributed by atoms with van der Waals surface area (Å²) in [5.74, 6) is 2.83. The minimum atomic E-state index is -0.125. The smallest absolute Gasteiger partial charge is 0.0972 e. The van der Waals surface area contributed by atoms with Crippen LogP contribution in [0.15, 0.2) is 0 Å². The summed E-state index contributed by atoms with van der Waals surface area (Å²) in [7, 11) is 0. The first-order chi connectivity index (χ1) is 11.0. The SMILES string of the molecule is C[C@]12CC[C@H]3[C@@H](CC[C@H]4C[C@H](O)CC[C@@]43CO)[C@@H]1CCC21CO1. The normalized spacial score (nSPS) is 60.9. The lowest BCUT2D eigenvalue weighted by Crippen LogP contribution is -2.57. The van der Waals surface area contributed by atoms with Gasteiger partial charge in [0.2, 0.25) is 0 Å². The van der Waals surface area contributed by atoms with Crippen LogP contribution in [0.3, 0.4) is 0 Å². The number of aliphatic hydroxyl groups excluding tert-OH is 2. The van der Waals surface area contributed by atoms with Crippen molar-refractivity contribution in [2.45, 2.75) is 76.4 Å². The van der Waals surface area contributed by atoms with Gasteiger partial charge < -0.3 is 14.9 Å². The highest BCUT2D eigenvalue weighted by Gasteiger charge is 2.70. The quantitative estimate of drug-likeness (QED) is 0.730. The van der Waals surface area contributed by atoms with Gasteiger partial charge in [-0.15, -0.1) is 0 Å². The van der Waals surface area contributed by atoms with Crippen molar-refractivity contribution >= 4 is 0 Å². The summed E-state index contributed by atoms with van der Waals surface area (Å²) in [6.45, 7) is 3.85. The summed E-state index contributed by atoms with van der Waals surface area (Å²) in [5.41, 5.74) is 0.740. The van der Waals surface area contributed by atoms with E-state index in [4.69, 9.17) is 4.74 Å². The second-order valence-corrected chi connectivity index (χ2v) is 9.75. The van der Waals surface area contributed by atoms with Crippen LogP contribution in [0.1, 0.15) is 64.7 Å². The Morgan fingerprint density at radius 2 is 1.78 bits per heavy atom. The summed E-state index contributed by atoms with van der Waals surface area (Å²) < 4.78 is 6.00. The molecule has 4 saturated carbocycles. The van der Waals surface area contributed by atoms with Gasteiger partial charge in [-0.05, 0) is 86.9 Å². The van der Waals surface area contributed by atoms with E-state index in [2.05, 4.69) is 6.92 Å². The van der Waals surface area contributed by atoms with Gasteiger partial charge in [0.25, 0.3) is 0 Å². The zero-order valence-corrected chi connectivity index (χ0v) is 14.5. The summed E-state index contributed by atoms with van der Waals surface area (Å²) >= 11 is 0. The molecule has 0 aromatic carbocycles. The summed E-state index contributed by atoms with van der Waals surface area (Å²) in [5, 5.41) is 20.5. The molecule has 8 atom stereocenters. The van der Waals surface area contributed by atoms with E-state index in [1.54, 1.807) is 0 Å². The van der Waals surface area contributed by atoms with Crippen LogP contribution >= 0.6 is 0 Å². The summed E-state index contributed by atoms with van der Waals surface area (Å²) in [6, 6.07) is 0. The van der Waals surface area contributed by atoms with Gasteiger partial charge in [0.05, 0.1) is 18.3 Å². The molecule has 0 bridgehead atoms. The predicted molar refractivity (Wildman–Crippen MR) is 87.8 cm³/mol. The maximum absolute atomic E-state index is 10.4. The van der Waals surface area contributed by atoms with Gasteiger partial charge in [0, 0.05) is 12.0 Å². The van der Waals surface area contributed by atoms with Gasteiger partial charge in [-0.1, -0.05) is 6.92 Å². The monoisotopic (exact) mass is 320 g/mol. The van der Waals surface area contributed by atoms with Crippen LogP contribution in [0.5, 0.6) is 0 Å². The third-order valence-electron chi connectivity index (χ3n) is 9.41. The van der Waals surface area contributed by atoms with E-state index in [0.717, 1.165) is 37.7 Å². The number of hydrogen-bond acceptors (Lipinski definition) is 3. The van der Waals surface area contributed by atoms with Crippen LogP contribution < -0.4 is 0 Å². The van der Waals surface area contributed by atoms with Gasteiger partial charge in [0.15, 0.2) is 0 Å². The maximum atomic E-state index is 10.4. The van der Waals surface area contributed by atoms with E-state index in [-0.39, 0.29) is 17.1 Å². The molecular formula is C20H32O3. The zero-order valence-electron chi connectivity index (χ0n) is 14.5. The topological polar surface area (TPSA) is 53.0 Å². The molecule has 3 heteroatoms. The zero-order chi connectivity index (χ0) is 15.9. The van der Waals surface area contributed by atoms with Gasteiger partial charge in [-0.25, -0.2) is 0 Å². The largest absolute Gasteiger partial charge is 0.396 e. The molecule has 1 heterocycles. The van der Waals surface area contributed by atoms with Gasteiger partial charge in [-0.3, -0.25) is 0 Å². The van der Waals surface area contributed by atoms with E-state index < -0.39 is 0 Å². The van der Waals surface area contributed by atoms with E-state index in [0.29, 0.717) is 23.9 Å². The number of rotatable bonds is 1. The molecule has 1 saturated heterocycles. The molecule has 1 spiro atoms. The van der Waals surface area contributed by atoms with Crippen molar-refractivity contribution in [3.63, 3.8) is 0 Å². The van der Waals surface area contributed by atoms with E-state index in [1.165, 1.54) is 38.5 Å². The maximum Gasteiger partial charge on any atom is 0.0972 e. The molecule has 1 unspecified atom stereocenters. The van der Waals surface area contributed by atoms with E-state index in [1.807, 2.05) is 0 Å². The Balaban J connectivity index is 1.48. The van der Waals surface area contributed by atoms with Crippen molar-refractivity contribution in [2.24, 2.45) is 34.5 Å². The summed E-state index contributed by atoms with van der Waals surface area (Å²) in [6.07, 6.45) is 10.5. The Morgan fingerprint density at radius 1 is 1.00 bits per heavy atom. The van der Waals surface area contributed by atoms with Crippen molar-refractivity contribution in [3.05, 3.63) is 0 Å². The molecular weight excluding hydrogens is 288 g/mol. The Bertz CT molecular complexity index is 501. The van der Waals surface area contributed by atoms with Crippen LogP contribution in [-0.2, 0) is 4.74 Å². The molecule has 23 heavy (non-hydrogen) atoms. The Kier molecular flexibility index (Phi) is 3.12. The average molecular weight is 320 g/mol. The first-order valence-electron chi connectivity index (χ1n) is 9.98. The molecule has 3 nitrogen and oxygen atoms in total. The molecule has 0 amide bonds. The minimum Gasteiger partial charge on any atom is -0.396 e. The number of hydrogen-bond donors (Lipinski definition) is 2. The van der Waals surface area contributed by atoms with Gasteiger partial charge in [0.1, 0.15) is 0 Å². The van der Waals surface area contributed by atoms with Crippen molar-refractivity contribution in [2.75, 3.05) is 13.2 Å². The number of aliphatic hydroxyl groups is 2. The van der Waals surface area contributed by atoms with Crippen LogP contribution in [0.25, 0.3) is 0 Å². The fraction of sp³-hybridized carbons (Fsp3) is 1.00. The molecule has 130 valence electrons. The molecule has 0 aromatic heterocycles. The lowest BCUT2D eigenvalue weighted by Gasteiger charge is -2.61. The van der Waals surface area contributed by atoms with Crippen molar-refractivity contribution in [3.8, 4) is 0 Å². The third kappa shape index (κ3) is 1.77. The molecule has 0 radical (unpaired) electrons. The second-order valence-electron chi connectivity index (χ2n) is 9.75. The molecule has 5 aliphatic rings. The molecule has 4 aliphatic carbocycles. The molecule has 1 aliphatic heterocycles. The minimum absolute atomic E-state index is 0.115. The Morgan fingerprint density at radius 3 is 2.52 bits per heavy atom. The lowest BCUT2D eigenvalue weighted by atomic mass is 9.44. The number of fused-ring (bicyclic) bond motifs is 6. The molecule has 0 aromatic rings. The lowest BCUT2D eigenvalue weighted by molar-refractivity contribution is -0.154. The van der Waals surface area contributed by atoms with E-state index >= 15 is 0 Å².